The first-order valence-electron chi connectivity index (χ1n) is 5.48. The van der Waals surface area contributed by atoms with Crippen LogP contribution in [0, 0.1) is 0 Å². The molecule has 0 aliphatic heterocycles. The first-order valence-corrected chi connectivity index (χ1v) is 7.15. The Balaban J connectivity index is 2.17. The molecule has 1 aromatic carbocycles. The molecule has 0 fully saturated rings. The Hall–Kier alpha value is -1.53. The van der Waals surface area contributed by atoms with E-state index in [0.717, 1.165) is 9.35 Å². The van der Waals surface area contributed by atoms with Gasteiger partial charge in [-0.3, -0.25) is 0 Å². The van der Waals surface area contributed by atoms with E-state index in [1.165, 1.54) is 6.07 Å². The van der Waals surface area contributed by atoms with Crippen LogP contribution in [0.1, 0.15) is 15.2 Å². The highest BCUT2D eigenvalue weighted by atomic mass is 79.9. The van der Waals surface area contributed by atoms with Crippen molar-refractivity contribution in [3.05, 3.63) is 44.6 Å². The summed E-state index contributed by atoms with van der Waals surface area (Å²) in [4.78, 5) is 12.1. The molecule has 0 spiro atoms. The monoisotopic (exact) mass is 341 g/mol. The number of halogens is 1. The highest BCUT2D eigenvalue weighted by Crippen LogP contribution is 2.27. The molecule has 0 unspecified atom stereocenters. The van der Waals surface area contributed by atoms with Gasteiger partial charge in [0.15, 0.2) is 0 Å². The molecule has 0 saturated heterocycles. The maximum absolute atomic E-state index is 11.0. The van der Waals surface area contributed by atoms with Crippen molar-refractivity contribution in [1.82, 2.24) is 0 Å². The highest BCUT2D eigenvalue weighted by Gasteiger charge is 2.09. The van der Waals surface area contributed by atoms with E-state index in [0.29, 0.717) is 18.0 Å². The van der Waals surface area contributed by atoms with Crippen LogP contribution in [0.2, 0.25) is 0 Å². The van der Waals surface area contributed by atoms with Gasteiger partial charge in [0.05, 0.1) is 18.4 Å². The number of aromatic carboxylic acids is 1. The number of methoxy groups -OCH3 is 1. The van der Waals surface area contributed by atoms with E-state index in [1.807, 2.05) is 11.4 Å². The van der Waals surface area contributed by atoms with Crippen LogP contribution in [-0.4, -0.2) is 18.2 Å². The lowest BCUT2D eigenvalue weighted by Crippen LogP contribution is -2.03. The van der Waals surface area contributed by atoms with Crippen molar-refractivity contribution in [2.24, 2.45) is 0 Å². The third-order valence-electron chi connectivity index (χ3n) is 2.52. The third-order valence-corrected chi connectivity index (χ3v) is 4.22. The van der Waals surface area contributed by atoms with Crippen molar-refractivity contribution in [2.75, 3.05) is 12.4 Å². The number of thiophene rings is 1. The zero-order chi connectivity index (χ0) is 13.8. The zero-order valence-electron chi connectivity index (χ0n) is 10.1. The maximum Gasteiger partial charge on any atom is 0.335 e. The minimum atomic E-state index is -0.954. The number of ether oxygens (including phenoxy) is 1. The Labute approximate surface area is 123 Å². The van der Waals surface area contributed by atoms with Gasteiger partial charge in [-0.15, -0.1) is 11.3 Å². The maximum atomic E-state index is 11.0. The predicted octanol–water partition coefficient (Wildman–Crippen LogP) is 3.83. The molecule has 1 heterocycles. The van der Waals surface area contributed by atoms with Gasteiger partial charge < -0.3 is 15.2 Å². The SMILES string of the molecule is COc1ccc(C(=O)O)cc1NCc1cc(Br)cs1. The van der Waals surface area contributed by atoms with Gasteiger partial charge in [0, 0.05) is 21.3 Å². The largest absolute Gasteiger partial charge is 0.495 e. The second-order valence-electron chi connectivity index (χ2n) is 3.81. The molecular formula is C13H12BrNO3S. The predicted molar refractivity (Wildman–Crippen MR) is 79.3 cm³/mol. The van der Waals surface area contributed by atoms with Crippen molar-refractivity contribution in [3.8, 4) is 5.75 Å². The van der Waals surface area contributed by atoms with Gasteiger partial charge in [-0.1, -0.05) is 0 Å². The van der Waals surface area contributed by atoms with Crippen molar-refractivity contribution < 1.29 is 14.6 Å². The summed E-state index contributed by atoms with van der Waals surface area (Å²) in [6.07, 6.45) is 0. The van der Waals surface area contributed by atoms with Crippen molar-refractivity contribution in [3.63, 3.8) is 0 Å². The molecule has 1 aromatic heterocycles. The van der Waals surface area contributed by atoms with Crippen molar-refractivity contribution in [2.45, 2.75) is 6.54 Å². The van der Waals surface area contributed by atoms with Crippen LogP contribution in [0.3, 0.4) is 0 Å². The van der Waals surface area contributed by atoms with E-state index < -0.39 is 5.97 Å². The third kappa shape index (κ3) is 3.48. The fraction of sp³-hybridized carbons (Fsp3) is 0.154. The quantitative estimate of drug-likeness (QED) is 0.867. The van der Waals surface area contributed by atoms with Gasteiger partial charge in [-0.05, 0) is 40.2 Å². The normalized spacial score (nSPS) is 10.2. The van der Waals surface area contributed by atoms with Crippen LogP contribution in [0.4, 0.5) is 5.69 Å². The summed E-state index contributed by atoms with van der Waals surface area (Å²) >= 11 is 5.02. The molecule has 19 heavy (non-hydrogen) atoms. The van der Waals surface area contributed by atoms with Gasteiger partial charge in [-0.25, -0.2) is 4.79 Å². The Kier molecular flexibility index (Phi) is 4.44. The van der Waals surface area contributed by atoms with E-state index in [2.05, 4.69) is 21.2 Å². The van der Waals surface area contributed by atoms with Crippen LogP contribution in [0.25, 0.3) is 0 Å². The van der Waals surface area contributed by atoms with Crippen LogP contribution in [-0.2, 0) is 6.54 Å². The molecule has 2 rings (SSSR count). The van der Waals surface area contributed by atoms with E-state index >= 15 is 0 Å². The smallest absolute Gasteiger partial charge is 0.335 e. The highest BCUT2D eigenvalue weighted by molar-refractivity contribution is 9.10. The van der Waals surface area contributed by atoms with E-state index in [9.17, 15) is 4.79 Å². The molecule has 0 saturated carbocycles. The lowest BCUT2D eigenvalue weighted by molar-refractivity contribution is 0.0697. The van der Waals surface area contributed by atoms with Gasteiger partial charge in [0.1, 0.15) is 5.75 Å². The summed E-state index contributed by atoms with van der Waals surface area (Å²) in [5.74, 6) is -0.329. The minimum absolute atomic E-state index is 0.232. The van der Waals surface area contributed by atoms with Gasteiger partial charge in [-0.2, -0.15) is 0 Å². The van der Waals surface area contributed by atoms with Crippen LogP contribution in [0.15, 0.2) is 34.1 Å². The molecular weight excluding hydrogens is 330 g/mol. The van der Waals surface area contributed by atoms with Crippen LogP contribution < -0.4 is 10.1 Å². The summed E-state index contributed by atoms with van der Waals surface area (Å²) < 4.78 is 6.25. The fourth-order valence-electron chi connectivity index (χ4n) is 1.61. The lowest BCUT2D eigenvalue weighted by Gasteiger charge is -2.11. The van der Waals surface area contributed by atoms with Gasteiger partial charge in [0.2, 0.25) is 0 Å². The summed E-state index contributed by atoms with van der Waals surface area (Å²) in [6.45, 7) is 0.621. The fourth-order valence-corrected chi connectivity index (χ4v) is 3.00. The standard InChI is InChI=1S/C13H12BrNO3S/c1-18-12-3-2-8(13(16)17)4-11(12)15-6-10-5-9(14)7-19-10/h2-5,7,15H,6H2,1H3,(H,16,17). The zero-order valence-corrected chi connectivity index (χ0v) is 12.5. The number of hydrogen-bond acceptors (Lipinski definition) is 4. The van der Waals surface area contributed by atoms with Crippen LogP contribution in [0.5, 0.6) is 5.75 Å². The Morgan fingerprint density at radius 1 is 1.47 bits per heavy atom. The summed E-state index contributed by atoms with van der Waals surface area (Å²) in [7, 11) is 1.56. The van der Waals surface area contributed by atoms with E-state index in [4.69, 9.17) is 9.84 Å². The molecule has 0 bridgehead atoms. The molecule has 2 aromatic rings. The number of carboxylic acids is 1. The van der Waals surface area contributed by atoms with Crippen molar-refractivity contribution in [1.29, 1.82) is 0 Å². The lowest BCUT2D eigenvalue weighted by atomic mass is 10.2. The molecule has 4 nitrogen and oxygen atoms in total. The average molecular weight is 342 g/mol. The molecule has 6 heteroatoms. The van der Waals surface area contributed by atoms with Gasteiger partial charge >= 0.3 is 5.97 Å². The minimum Gasteiger partial charge on any atom is -0.495 e. The number of rotatable bonds is 5. The molecule has 0 amide bonds. The first-order chi connectivity index (χ1) is 9.10. The Morgan fingerprint density at radius 3 is 2.84 bits per heavy atom. The number of anilines is 1. The van der Waals surface area contributed by atoms with Crippen molar-refractivity contribution >= 4 is 38.9 Å². The summed E-state index contributed by atoms with van der Waals surface area (Å²) in [5.41, 5.74) is 0.905. The average Bonchev–Trinajstić information content (AvgIpc) is 2.81. The molecule has 100 valence electrons. The van der Waals surface area contributed by atoms with E-state index in [-0.39, 0.29) is 5.56 Å². The second-order valence-corrected chi connectivity index (χ2v) is 5.72. The molecule has 0 aliphatic rings. The topological polar surface area (TPSA) is 58.6 Å². The van der Waals surface area contributed by atoms with Gasteiger partial charge in [0.25, 0.3) is 0 Å². The molecule has 0 aliphatic carbocycles. The number of benzene rings is 1. The van der Waals surface area contributed by atoms with Crippen LogP contribution >= 0.6 is 27.3 Å². The summed E-state index contributed by atoms with van der Waals surface area (Å²) in [6, 6.07) is 6.76. The number of nitrogens with one attached hydrogen (secondary N) is 1. The van der Waals surface area contributed by atoms with E-state index in [1.54, 1.807) is 30.6 Å². The second kappa shape index (κ2) is 6.08. The molecule has 0 radical (unpaired) electrons. The number of carbonyl (C=O) groups is 1. The Bertz CT molecular complexity index is 597. The molecule has 2 N–H and O–H groups in total. The summed E-state index contributed by atoms with van der Waals surface area (Å²) in [5, 5.41) is 14.2. The Morgan fingerprint density at radius 2 is 2.26 bits per heavy atom. The number of hydrogen-bond donors (Lipinski definition) is 2. The number of carboxylic acid groups (broad SMARTS) is 1. The first kappa shape index (κ1) is 13.9. The molecule has 0 atom stereocenters.